The van der Waals surface area contributed by atoms with E-state index in [1.54, 1.807) is 53.5 Å². The van der Waals surface area contributed by atoms with Crippen LogP contribution in [0, 0.1) is 0 Å². The fraction of sp³-hybridized carbons (Fsp3) is 0.125. The van der Waals surface area contributed by atoms with Gasteiger partial charge < -0.3 is 4.74 Å². The molecule has 7 nitrogen and oxygen atoms in total. The van der Waals surface area contributed by atoms with Crippen LogP contribution in [0.4, 0.5) is 5.69 Å². The van der Waals surface area contributed by atoms with Crippen LogP contribution >= 0.6 is 15.9 Å². The van der Waals surface area contributed by atoms with E-state index in [0.717, 1.165) is 0 Å². The topological polar surface area (TPSA) is 86.1 Å². The molecular formula is C16H15BrN4O3S. The number of anilines is 1. The Bertz CT molecular complexity index is 946. The molecule has 0 amide bonds. The molecule has 0 saturated carbocycles. The maximum atomic E-state index is 12.4. The number of halogens is 1. The highest BCUT2D eigenvalue weighted by Gasteiger charge is 2.14. The summed E-state index contributed by atoms with van der Waals surface area (Å²) in [6.45, 7) is 0.944. The van der Waals surface area contributed by atoms with Crippen molar-refractivity contribution in [3.8, 4) is 5.75 Å². The van der Waals surface area contributed by atoms with Crippen molar-refractivity contribution in [2.75, 3.05) is 11.3 Å². The van der Waals surface area contributed by atoms with Gasteiger partial charge >= 0.3 is 0 Å². The quantitative estimate of drug-likeness (QED) is 0.632. The molecule has 3 aromatic rings. The summed E-state index contributed by atoms with van der Waals surface area (Å²) in [5.74, 6) is 0.564. The number of benzene rings is 2. The van der Waals surface area contributed by atoms with Crippen molar-refractivity contribution >= 4 is 31.6 Å². The minimum Gasteiger partial charge on any atom is -0.492 e. The lowest BCUT2D eigenvalue weighted by Crippen LogP contribution is -2.13. The van der Waals surface area contributed by atoms with Crippen LogP contribution in [0.25, 0.3) is 0 Å². The molecule has 0 radical (unpaired) electrons. The molecule has 2 aromatic carbocycles. The summed E-state index contributed by atoms with van der Waals surface area (Å²) < 4.78 is 35.4. The molecule has 25 heavy (non-hydrogen) atoms. The van der Waals surface area contributed by atoms with Crippen molar-refractivity contribution in [1.29, 1.82) is 0 Å². The molecule has 0 unspecified atom stereocenters. The number of nitrogens with zero attached hydrogens (tertiary/aromatic N) is 3. The molecular weight excluding hydrogens is 408 g/mol. The van der Waals surface area contributed by atoms with Gasteiger partial charge in [-0.25, -0.2) is 18.1 Å². The molecule has 0 saturated heterocycles. The van der Waals surface area contributed by atoms with Crippen LogP contribution in [0.5, 0.6) is 5.75 Å². The van der Waals surface area contributed by atoms with E-state index in [1.807, 2.05) is 0 Å². The molecule has 1 aromatic heterocycles. The Morgan fingerprint density at radius 1 is 1.16 bits per heavy atom. The predicted octanol–water partition coefficient (Wildman–Crippen LogP) is 2.92. The van der Waals surface area contributed by atoms with Gasteiger partial charge in [-0.05, 0) is 30.3 Å². The third kappa shape index (κ3) is 4.80. The minimum atomic E-state index is -3.67. The third-order valence-electron chi connectivity index (χ3n) is 3.25. The van der Waals surface area contributed by atoms with Crippen molar-refractivity contribution in [2.24, 2.45) is 0 Å². The molecule has 0 atom stereocenters. The van der Waals surface area contributed by atoms with Gasteiger partial charge in [-0.15, -0.1) is 0 Å². The Hall–Kier alpha value is -2.39. The van der Waals surface area contributed by atoms with Gasteiger partial charge in [-0.1, -0.05) is 28.1 Å². The Kier molecular flexibility index (Phi) is 5.34. The smallest absolute Gasteiger partial charge is 0.261 e. The van der Waals surface area contributed by atoms with E-state index in [9.17, 15) is 8.42 Å². The van der Waals surface area contributed by atoms with E-state index >= 15 is 0 Å². The van der Waals surface area contributed by atoms with Gasteiger partial charge in [0.25, 0.3) is 10.0 Å². The number of aromatic nitrogens is 3. The summed E-state index contributed by atoms with van der Waals surface area (Å²) in [6.07, 6.45) is 3.06. The van der Waals surface area contributed by atoms with Crippen LogP contribution in [0.15, 0.2) is 70.6 Å². The van der Waals surface area contributed by atoms with Gasteiger partial charge in [0.2, 0.25) is 0 Å². The van der Waals surface area contributed by atoms with E-state index in [4.69, 9.17) is 4.74 Å². The van der Waals surface area contributed by atoms with Crippen LogP contribution in [0.1, 0.15) is 0 Å². The van der Waals surface area contributed by atoms with Gasteiger partial charge in [0.05, 0.1) is 17.1 Å². The Morgan fingerprint density at radius 2 is 2.00 bits per heavy atom. The van der Waals surface area contributed by atoms with Gasteiger partial charge in [0, 0.05) is 10.5 Å². The fourth-order valence-corrected chi connectivity index (χ4v) is 3.75. The normalized spacial score (nSPS) is 11.2. The van der Waals surface area contributed by atoms with Crippen LogP contribution in [-0.2, 0) is 16.6 Å². The van der Waals surface area contributed by atoms with Crippen LogP contribution in [-0.4, -0.2) is 29.8 Å². The number of sulfonamides is 1. The fourth-order valence-electron chi connectivity index (χ4n) is 2.10. The summed E-state index contributed by atoms with van der Waals surface area (Å²) in [6, 6.07) is 13.3. The minimum absolute atomic E-state index is 0.180. The van der Waals surface area contributed by atoms with Crippen molar-refractivity contribution in [1.82, 2.24) is 14.8 Å². The highest BCUT2D eigenvalue weighted by atomic mass is 79.9. The summed E-state index contributed by atoms with van der Waals surface area (Å²) in [4.78, 5) is 4.03. The van der Waals surface area contributed by atoms with E-state index in [-0.39, 0.29) is 4.90 Å². The van der Waals surface area contributed by atoms with Gasteiger partial charge in [0.15, 0.2) is 0 Å². The second kappa shape index (κ2) is 7.66. The van der Waals surface area contributed by atoms with Crippen LogP contribution in [0.2, 0.25) is 0 Å². The third-order valence-corrected chi connectivity index (χ3v) is 5.12. The molecule has 0 fully saturated rings. The zero-order valence-electron chi connectivity index (χ0n) is 13.0. The zero-order chi connectivity index (χ0) is 17.7. The zero-order valence-corrected chi connectivity index (χ0v) is 15.4. The molecule has 0 aliphatic heterocycles. The highest BCUT2D eigenvalue weighted by Crippen LogP contribution is 2.22. The number of ether oxygens (including phenoxy) is 1. The Balaban J connectivity index is 1.66. The first kappa shape index (κ1) is 17.4. The number of hydrogen-bond acceptors (Lipinski definition) is 5. The average Bonchev–Trinajstić information content (AvgIpc) is 3.08. The SMILES string of the molecule is O=S(=O)(Nc1cccc(OCCn2cncn2)c1)c1cccc(Br)c1. The second-order valence-electron chi connectivity index (χ2n) is 5.10. The summed E-state index contributed by atoms with van der Waals surface area (Å²) in [5.41, 5.74) is 0.429. The van der Waals surface area contributed by atoms with Crippen molar-refractivity contribution in [3.05, 3.63) is 65.7 Å². The summed E-state index contributed by atoms with van der Waals surface area (Å²) in [7, 11) is -3.67. The molecule has 0 spiro atoms. The van der Waals surface area contributed by atoms with Gasteiger partial charge in [0.1, 0.15) is 25.0 Å². The van der Waals surface area contributed by atoms with Gasteiger partial charge in [-0.3, -0.25) is 4.72 Å². The maximum absolute atomic E-state index is 12.4. The largest absolute Gasteiger partial charge is 0.492 e. The Morgan fingerprint density at radius 3 is 2.76 bits per heavy atom. The molecule has 1 heterocycles. The average molecular weight is 423 g/mol. The molecule has 3 rings (SSSR count). The van der Waals surface area contributed by atoms with E-state index in [1.165, 1.54) is 12.4 Å². The molecule has 1 N–H and O–H groups in total. The van der Waals surface area contributed by atoms with Gasteiger partial charge in [-0.2, -0.15) is 5.10 Å². The number of hydrogen-bond donors (Lipinski definition) is 1. The molecule has 0 aliphatic carbocycles. The first-order valence-corrected chi connectivity index (χ1v) is 9.64. The standard InChI is InChI=1S/C16H15BrN4O3S/c17-13-3-1-6-16(9-13)25(22,23)20-14-4-2-5-15(10-14)24-8-7-21-12-18-11-19-21/h1-6,9-12,20H,7-8H2. The highest BCUT2D eigenvalue weighted by molar-refractivity contribution is 9.10. The Labute approximate surface area is 153 Å². The summed E-state index contributed by atoms with van der Waals surface area (Å²) in [5, 5.41) is 3.98. The lowest BCUT2D eigenvalue weighted by Gasteiger charge is -2.11. The van der Waals surface area contributed by atoms with Crippen LogP contribution < -0.4 is 9.46 Å². The van der Waals surface area contributed by atoms with Crippen molar-refractivity contribution in [2.45, 2.75) is 11.4 Å². The molecule has 0 bridgehead atoms. The van der Waals surface area contributed by atoms with Crippen molar-refractivity contribution < 1.29 is 13.2 Å². The van der Waals surface area contributed by atoms with Crippen LogP contribution in [0.3, 0.4) is 0 Å². The van der Waals surface area contributed by atoms with E-state index < -0.39 is 10.0 Å². The lowest BCUT2D eigenvalue weighted by molar-refractivity contribution is 0.291. The predicted molar refractivity (Wildman–Crippen MR) is 96.9 cm³/mol. The number of rotatable bonds is 7. The van der Waals surface area contributed by atoms with Crippen molar-refractivity contribution in [3.63, 3.8) is 0 Å². The summed E-state index contributed by atoms with van der Waals surface area (Å²) >= 11 is 3.27. The molecule has 9 heteroatoms. The first-order chi connectivity index (χ1) is 12.0. The number of nitrogens with one attached hydrogen (secondary N) is 1. The molecule has 130 valence electrons. The lowest BCUT2D eigenvalue weighted by atomic mass is 10.3. The monoisotopic (exact) mass is 422 g/mol. The van der Waals surface area contributed by atoms with E-state index in [2.05, 4.69) is 30.7 Å². The van der Waals surface area contributed by atoms with E-state index in [0.29, 0.717) is 29.1 Å². The maximum Gasteiger partial charge on any atom is 0.261 e. The second-order valence-corrected chi connectivity index (χ2v) is 7.70. The first-order valence-electron chi connectivity index (χ1n) is 7.37. The molecule has 0 aliphatic rings.